The average molecular weight is 344 g/mol. The van der Waals surface area contributed by atoms with Crippen molar-refractivity contribution in [3.63, 3.8) is 0 Å². The number of carbonyl (C=O) groups excluding carboxylic acids is 1. The van der Waals surface area contributed by atoms with E-state index in [0.29, 0.717) is 24.6 Å². The van der Waals surface area contributed by atoms with Gasteiger partial charge in [0.2, 0.25) is 5.91 Å². The van der Waals surface area contributed by atoms with Crippen molar-refractivity contribution in [2.75, 3.05) is 44.1 Å². The molecule has 0 spiro atoms. The lowest BCUT2D eigenvalue weighted by atomic mass is 10.0. The molecule has 1 fully saturated rings. The Morgan fingerprint density at radius 3 is 3.00 bits per heavy atom. The normalized spacial score (nSPS) is 15.2. The summed E-state index contributed by atoms with van der Waals surface area (Å²) in [5, 5.41) is 6.40. The lowest BCUT2D eigenvalue weighted by molar-refractivity contribution is -0.117. The van der Waals surface area contributed by atoms with E-state index in [1.165, 1.54) is 0 Å². The van der Waals surface area contributed by atoms with Crippen molar-refractivity contribution in [2.24, 2.45) is 5.92 Å². The summed E-state index contributed by atoms with van der Waals surface area (Å²) in [7, 11) is 1.58. The summed E-state index contributed by atoms with van der Waals surface area (Å²) in [6, 6.07) is 3.77. The predicted octanol–water partition coefficient (Wildman–Crippen LogP) is 2.44. The molecule has 3 heterocycles. The molecule has 2 aromatic heterocycles. The maximum atomic E-state index is 12.1. The minimum absolute atomic E-state index is 0.104. The van der Waals surface area contributed by atoms with E-state index in [1.807, 2.05) is 12.1 Å². The first-order chi connectivity index (χ1) is 12.3. The van der Waals surface area contributed by atoms with Crippen molar-refractivity contribution >= 4 is 28.3 Å². The predicted molar refractivity (Wildman–Crippen MR) is 96.7 cm³/mol. The van der Waals surface area contributed by atoms with Gasteiger partial charge in [0.1, 0.15) is 5.52 Å². The Morgan fingerprint density at radius 1 is 1.36 bits per heavy atom. The van der Waals surface area contributed by atoms with Crippen LogP contribution in [0.4, 0.5) is 11.4 Å². The minimum atomic E-state index is -0.104. The quantitative estimate of drug-likeness (QED) is 0.802. The van der Waals surface area contributed by atoms with Gasteiger partial charge in [-0.3, -0.25) is 14.8 Å². The molecule has 0 saturated carbocycles. The van der Waals surface area contributed by atoms with Crippen LogP contribution in [0.25, 0.3) is 11.0 Å². The summed E-state index contributed by atoms with van der Waals surface area (Å²) < 4.78 is 10.4. The van der Waals surface area contributed by atoms with Crippen molar-refractivity contribution in [1.82, 2.24) is 9.97 Å². The molecule has 7 heteroatoms. The van der Waals surface area contributed by atoms with Crippen LogP contribution < -0.4 is 10.6 Å². The third-order valence-corrected chi connectivity index (χ3v) is 4.34. The first kappa shape index (κ1) is 17.6. The number of hydrogen-bond acceptors (Lipinski definition) is 6. The third-order valence-electron chi connectivity index (χ3n) is 4.34. The third kappa shape index (κ3) is 4.64. The fraction of sp³-hybridized carbons (Fsp3) is 0.500. The molecule has 1 aliphatic heterocycles. The Bertz CT molecular complexity index is 717. The summed E-state index contributed by atoms with van der Waals surface area (Å²) in [4.78, 5) is 20.9. The number of ether oxygens (including phenoxy) is 2. The molecule has 0 bridgehead atoms. The highest BCUT2D eigenvalue weighted by molar-refractivity contribution is 6.01. The van der Waals surface area contributed by atoms with E-state index in [9.17, 15) is 4.79 Å². The van der Waals surface area contributed by atoms with Gasteiger partial charge in [0.15, 0.2) is 0 Å². The zero-order valence-corrected chi connectivity index (χ0v) is 14.5. The molecule has 0 unspecified atom stereocenters. The zero-order valence-electron chi connectivity index (χ0n) is 14.5. The van der Waals surface area contributed by atoms with Gasteiger partial charge in [-0.2, -0.15) is 0 Å². The Hall–Kier alpha value is -2.25. The van der Waals surface area contributed by atoms with Crippen molar-refractivity contribution in [3.05, 3.63) is 24.5 Å². The fourth-order valence-corrected chi connectivity index (χ4v) is 2.90. The molecule has 0 aliphatic carbocycles. The Balaban J connectivity index is 1.80. The van der Waals surface area contributed by atoms with Crippen LogP contribution in [0.3, 0.4) is 0 Å². The molecule has 7 nitrogen and oxygen atoms in total. The molecule has 134 valence electrons. The van der Waals surface area contributed by atoms with Gasteiger partial charge in [-0.25, -0.2) is 0 Å². The average Bonchev–Trinajstić information content (AvgIpc) is 2.66. The highest BCUT2D eigenvalue weighted by Crippen LogP contribution is 2.29. The zero-order chi connectivity index (χ0) is 17.5. The van der Waals surface area contributed by atoms with E-state index in [1.54, 1.807) is 19.5 Å². The van der Waals surface area contributed by atoms with Gasteiger partial charge in [-0.05, 0) is 30.9 Å². The highest BCUT2D eigenvalue weighted by Gasteiger charge is 2.17. The molecular formula is C18H24N4O3. The van der Waals surface area contributed by atoms with Crippen LogP contribution in [0, 0.1) is 5.92 Å². The molecule has 1 saturated heterocycles. The standard InChI is InChI=1S/C18H24N4O3/c1-24-8-6-16(23)22-15-12-20-14-3-2-7-19-17(14)18(15)21-11-13-4-9-25-10-5-13/h2-3,7,12-13H,4-6,8-11H2,1H3,(H,20,21)(H,22,23). The van der Waals surface area contributed by atoms with Crippen molar-refractivity contribution in [3.8, 4) is 0 Å². The van der Waals surface area contributed by atoms with E-state index < -0.39 is 0 Å². The van der Waals surface area contributed by atoms with E-state index >= 15 is 0 Å². The summed E-state index contributed by atoms with van der Waals surface area (Å²) in [6.45, 7) is 2.82. The van der Waals surface area contributed by atoms with Gasteiger partial charge in [0.05, 0.1) is 36.1 Å². The number of nitrogens with one attached hydrogen (secondary N) is 2. The first-order valence-corrected chi connectivity index (χ1v) is 8.62. The number of aromatic nitrogens is 2. The number of nitrogens with zero attached hydrogens (tertiary/aromatic N) is 2. The molecule has 3 rings (SSSR count). The molecule has 1 aliphatic rings. The van der Waals surface area contributed by atoms with Crippen LogP contribution >= 0.6 is 0 Å². The molecule has 0 aromatic carbocycles. The summed E-state index contributed by atoms with van der Waals surface area (Å²) >= 11 is 0. The smallest absolute Gasteiger partial charge is 0.226 e. The maximum absolute atomic E-state index is 12.1. The molecule has 1 amide bonds. The van der Waals surface area contributed by atoms with Crippen LogP contribution in [-0.4, -0.2) is 49.4 Å². The fourth-order valence-electron chi connectivity index (χ4n) is 2.90. The van der Waals surface area contributed by atoms with E-state index in [0.717, 1.165) is 49.3 Å². The van der Waals surface area contributed by atoms with E-state index in [2.05, 4.69) is 20.6 Å². The Kier molecular flexibility index (Phi) is 6.14. The van der Waals surface area contributed by atoms with Crippen molar-refractivity contribution in [2.45, 2.75) is 19.3 Å². The second-order valence-electron chi connectivity index (χ2n) is 6.15. The lowest BCUT2D eigenvalue weighted by Crippen LogP contribution is -2.23. The maximum Gasteiger partial charge on any atom is 0.226 e. The van der Waals surface area contributed by atoms with Crippen LogP contribution in [0.2, 0.25) is 0 Å². The number of carbonyl (C=O) groups is 1. The second kappa shape index (κ2) is 8.73. The molecule has 0 radical (unpaired) electrons. The Morgan fingerprint density at radius 2 is 2.20 bits per heavy atom. The van der Waals surface area contributed by atoms with Gasteiger partial charge >= 0.3 is 0 Å². The number of rotatable bonds is 7. The van der Waals surface area contributed by atoms with E-state index in [4.69, 9.17) is 9.47 Å². The van der Waals surface area contributed by atoms with E-state index in [-0.39, 0.29) is 5.91 Å². The summed E-state index contributed by atoms with van der Waals surface area (Å²) in [5.74, 6) is 0.450. The van der Waals surface area contributed by atoms with Crippen LogP contribution in [0.15, 0.2) is 24.5 Å². The topological polar surface area (TPSA) is 85.4 Å². The number of amides is 1. The number of anilines is 2. The van der Waals surface area contributed by atoms with Crippen molar-refractivity contribution in [1.29, 1.82) is 0 Å². The van der Waals surface area contributed by atoms with Gasteiger partial charge in [0, 0.05) is 33.1 Å². The molecule has 25 heavy (non-hydrogen) atoms. The molecular weight excluding hydrogens is 320 g/mol. The van der Waals surface area contributed by atoms with Gasteiger partial charge < -0.3 is 20.1 Å². The van der Waals surface area contributed by atoms with Gasteiger partial charge in [0.25, 0.3) is 0 Å². The lowest BCUT2D eigenvalue weighted by Gasteiger charge is -2.23. The van der Waals surface area contributed by atoms with Crippen LogP contribution in [0.5, 0.6) is 0 Å². The second-order valence-corrected chi connectivity index (χ2v) is 6.15. The largest absolute Gasteiger partial charge is 0.384 e. The number of methoxy groups -OCH3 is 1. The molecule has 2 N–H and O–H groups in total. The monoisotopic (exact) mass is 344 g/mol. The van der Waals surface area contributed by atoms with Crippen molar-refractivity contribution < 1.29 is 14.3 Å². The van der Waals surface area contributed by atoms with Crippen LogP contribution in [-0.2, 0) is 14.3 Å². The summed E-state index contributed by atoms with van der Waals surface area (Å²) in [6.07, 6.45) is 5.80. The summed E-state index contributed by atoms with van der Waals surface area (Å²) in [5.41, 5.74) is 3.04. The molecule has 0 atom stereocenters. The van der Waals surface area contributed by atoms with Gasteiger partial charge in [-0.15, -0.1) is 0 Å². The minimum Gasteiger partial charge on any atom is -0.384 e. The first-order valence-electron chi connectivity index (χ1n) is 8.62. The van der Waals surface area contributed by atoms with Crippen LogP contribution in [0.1, 0.15) is 19.3 Å². The SMILES string of the molecule is COCCC(=O)Nc1cnc2cccnc2c1NCC1CCOCC1. The number of hydrogen-bond donors (Lipinski definition) is 2. The van der Waals surface area contributed by atoms with Gasteiger partial charge in [-0.1, -0.05) is 0 Å². The number of pyridine rings is 2. The Labute approximate surface area is 147 Å². The molecule has 2 aromatic rings. The number of fused-ring (bicyclic) bond motifs is 1. The highest BCUT2D eigenvalue weighted by atomic mass is 16.5.